The molecule has 10 heterocycles. The molecule has 0 unspecified atom stereocenters. The lowest BCUT2D eigenvalue weighted by molar-refractivity contribution is 0.377. The highest BCUT2D eigenvalue weighted by Gasteiger charge is 2.11. The summed E-state index contributed by atoms with van der Waals surface area (Å²) in [6.45, 7) is 33.2. The molecule has 0 N–H and O–H groups in total. The van der Waals surface area contributed by atoms with Gasteiger partial charge in [0.05, 0.1) is 82.4 Å². The highest BCUT2D eigenvalue weighted by atomic mass is 32.1. The van der Waals surface area contributed by atoms with Crippen LogP contribution in [0.2, 0.25) is 0 Å². The molecule has 0 atom stereocenters. The predicted molar refractivity (Wildman–Crippen MR) is 390 cm³/mol. The number of aromatic nitrogens is 5. The van der Waals surface area contributed by atoms with Gasteiger partial charge in [-0.15, -0.1) is 56.7 Å². The van der Waals surface area contributed by atoms with Crippen LogP contribution in [0.3, 0.4) is 0 Å². The van der Waals surface area contributed by atoms with E-state index in [0.717, 1.165) is 73.2 Å². The van der Waals surface area contributed by atoms with Gasteiger partial charge in [0, 0.05) is 131 Å². The normalized spacial score (nSPS) is 9.70. The van der Waals surface area contributed by atoms with Crippen LogP contribution in [0.25, 0.3) is 0 Å². The number of hydrogen-bond acceptors (Lipinski definition) is 15. The van der Waals surface area contributed by atoms with Gasteiger partial charge in [-0.05, 0) is 173 Å². The van der Waals surface area contributed by atoms with Gasteiger partial charge < -0.3 is 70.2 Å². The Labute approximate surface area is 566 Å². The molecule has 10 aromatic heterocycles. The minimum atomic E-state index is 0.849. The van der Waals surface area contributed by atoms with Crippen LogP contribution in [-0.4, -0.2) is 93.9 Å². The summed E-state index contributed by atoms with van der Waals surface area (Å²) in [5, 5.41) is 12.2. The van der Waals surface area contributed by atoms with E-state index in [1.807, 2.05) is 116 Å². The van der Waals surface area contributed by atoms with Gasteiger partial charge in [0.15, 0.2) is 21.9 Å². The van der Waals surface area contributed by atoms with Gasteiger partial charge in [-0.1, -0.05) is 0 Å². The van der Waals surface area contributed by atoms with Gasteiger partial charge in [-0.25, -0.2) is 0 Å². The third kappa shape index (κ3) is 25.5. The standard InChI is InChI=1S/C8H13NO2.2C8H13NO.C7H11NO.C7H11N.C7H10O2S.2C7H10OS.C6H8OS.C6H8S/c1-6-7(10-3)5-9(2)8(6)11-4;1-6-7(2)9(3)5-8(6)10-4;1-6-5-9(3)8(10-4)7(6)2;1-6-7(9-3)4-5-8(6)2;1-6-4-5-8(3)7(6)2;1-5-6(8-2)4-10-7(5)9-3;1-5-6(2)9-4-7(5)8-3;1-5-4-9-7(8-3)6(5)2;1-5-6(7-2)3-4-8-5;1-5-3-4-7-6(5)2/h5H,1-4H3;2*5H,1-4H3;4-5H,1-3H3;4-5H,1-3H3;4H,1-3H3;2*4H,1-3H3;3-4H,1-2H3;3-4H,1-2H3. The van der Waals surface area contributed by atoms with E-state index in [-0.39, 0.29) is 0 Å². The Balaban J connectivity index is 0.000000507. The molecule has 91 heavy (non-hydrogen) atoms. The molecule has 0 amide bonds. The predicted octanol–water partition coefficient (Wildman–Crippen LogP) is 18.9. The molecular formula is C71H107N5O10S5. The molecule has 10 rings (SSSR count). The Bertz CT molecular complexity index is 3460. The Morgan fingerprint density at radius 1 is 0.264 bits per heavy atom. The van der Waals surface area contributed by atoms with Gasteiger partial charge in [0.2, 0.25) is 0 Å². The van der Waals surface area contributed by atoms with E-state index in [9.17, 15) is 0 Å². The number of hydrogen-bond donors (Lipinski definition) is 0. The van der Waals surface area contributed by atoms with Crippen molar-refractivity contribution < 1.29 is 47.4 Å². The van der Waals surface area contributed by atoms with Gasteiger partial charge in [-0.2, -0.15) is 0 Å². The van der Waals surface area contributed by atoms with Crippen LogP contribution in [0.15, 0.2) is 82.1 Å². The van der Waals surface area contributed by atoms with Crippen molar-refractivity contribution in [2.45, 2.75) is 111 Å². The smallest absolute Gasteiger partial charge is 0.199 e. The molecule has 0 saturated carbocycles. The molecule has 0 aliphatic rings. The lowest BCUT2D eigenvalue weighted by atomic mass is 10.2. The molecule has 0 fully saturated rings. The van der Waals surface area contributed by atoms with Crippen LogP contribution in [0, 0.1) is 111 Å². The first-order chi connectivity index (χ1) is 42.9. The summed E-state index contributed by atoms with van der Waals surface area (Å²) in [6.07, 6.45) is 10.0. The average Bonchev–Trinajstić information content (AvgIpc) is 2.85. The van der Waals surface area contributed by atoms with Crippen LogP contribution in [0.4, 0.5) is 0 Å². The van der Waals surface area contributed by atoms with Crippen molar-refractivity contribution in [3.05, 3.63) is 169 Å². The molecule has 506 valence electrons. The lowest BCUT2D eigenvalue weighted by Crippen LogP contribution is -1.92. The van der Waals surface area contributed by atoms with E-state index >= 15 is 0 Å². The second-order valence-corrected chi connectivity index (χ2v) is 25.9. The maximum absolute atomic E-state index is 5.16. The maximum atomic E-state index is 5.16. The maximum Gasteiger partial charge on any atom is 0.199 e. The number of thiophene rings is 5. The van der Waals surface area contributed by atoms with Crippen molar-refractivity contribution in [3.8, 4) is 56.4 Å². The Hall–Kier alpha value is -7.10. The summed E-state index contributed by atoms with van der Waals surface area (Å²) < 4.78 is 61.0. The SMILES string of the molecule is COc1c(C)c(C)cn1C.COc1ccn(C)c1C.COc1ccsc1C.COc1cn(C)c(C)c1C.COc1cn(C)c(OC)c1C.COc1csc(C)c1C.COc1csc(OC)c1C.COc1scc(C)c1C.Cc1ccn(C)c1C.Cc1ccsc1C. The topological polar surface area (TPSA) is 117 Å². The summed E-state index contributed by atoms with van der Waals surface area (Å²) in [5.41, 5.74) is 16.3. The van der Waals surface area contributed by atoms with Crippen LogP contribution in [-0.2, 0) is 35.2 Å². The van der Waals surface area contributed by atoms with E-state index in [1.165, 1.54) is 70.5 Å². The molecule has 0 bridgehead atoms. The molecule has 0 aliphatic carbocycles. The first kappa shape index (κ1) is 81.9. The lowest BCUT2D eigenvalue weighted by Gasteiger charge is -2.01. The molecule has 10 aromatic rings. The minimum absolute atomic E-state index is 0.849. The molecule has 0 radical (unpaired) electrons. The van der Waals surface area contributed by atoms with Gasteiger partial charge >= 0.3 is 0 Å². The summed E-state index contributed by atoms with van der Waals surface area (Å²) in [6, 6.07) is 8.19. The highest BCUT2D eigenvalue weighted by Crippen LogP contribution is 2.35. The largest absolute Gasteiger partial charge is 0.496 e. The van der Waals surface area contributed by atoms with Crippen molar-refractivity contribution in [1.29, 1.82) is 0 Å². The number of rotatable bonds is 10. The molecule has 15 nitrogen and oxygen atoms in total. The fourth-order valence-corrected chi connectivity index (χ4v) is 12.1. The molecule has 0 aliphatic heterocycles. The van der Waals surface area contributed by atoms with Gasteiger partial charge in [0.25, 0.3) is 0 Å². The fraction of sp³-hybridized carbons (Fsp3) is 0.437. The van der Waals surface area contributed by atoms with E-state index in [1.54, 1.807) is 128 Å². The van der Waals surface area contributed by atoms with E-state index < -0.39 is 0 Å². The van der Waals surface area contributed by atoms with Crippen molar-refractivity contribution in [2.75, 3.05) is 71.1 Å². The minimum Gasteiger partial charge on any atom is -0.496 e. The Morgan fingerprint density at radius 3 is 0.934 bits per heavy atom. The first-order valence-corrected chi connectivity index (χ1v) is 33.6. The quantitative estimate of drug-likeness (QED) is 0.131. The second-order valence-electron chi connectivity index (χ2n) is 20.9. The summed E-state index contributed by atoms with van der Waals surface area (Å²) in [4.78, 5) is 4.01. The number of nitrogens with zero attached hydrogens (tertiary/aromatic N) is 5. The molecule has 20 heteroatoms. The van der Waals surface area contributed by atoms with E-state index in [0.29, 0.717) is 0 Å². The molecule has 0 spiro atoms. The molecule has 0 aromatic carbocycles. The third-order valence-electron chi connectivity index (χ3n) is 15.1. The zero-order valence-electron chi connectivity index (χ0n) is 60.4. The number of ether oxygens (including phenoxy) is 10. The van der Waals surface area contributed by atoms with Gasteiger partial charge in [-0.3, -0.25) is 0 Å². The fourth-order valence-electron chi connectivity index (χ4n) is 8.13. The first-order valence-electron chi connectivity index (χ1n) is 29.2. The zero-order chi connectivity index (χ0) is 69.4. The van der Waals surface area contributed by atoms with Gasteiger partial charge in [0.1, 0.15) is 34.5 Å². The van der Waals surface area contributed by atoms with Crippen LogP contribution in [0.1, 0.15) is 87.3 Å². The number of methoxy groups -OCH3 is 10. The summed E-state index contributed by atoms with van der Waals surface area (Å²) >= 11 is 8.45. The van der Waals surface area contributed by atoms with Crippen LogP contribution < -0.4 is 47.4 Å². The Kier molecular flexibility index (Phi) is 37.9. The molecule has 0 saturated heterocycles. The van der Waals surface area contributed by atoms with Crippen molar-refractivity contribution >= 4 is 56.7 Å². The van der Waals surface area contributed by atoms with Crippen molar-refractivity contribution in [1.82, 2.24) is 22.8 Å². The second kappa shape index (κ2) is 42.1. The summed E-state index contributed by atoms with van der Waals surface area (Å²) in [5.74, 6) is 7.51. The highest BCUT2D eigenvalue weighted by molar-refractivity contribution is 7.12. The third-order valence-corrected chi connectivity index (χ3v) is 20.1. The van der Waals surface area contributed by atoms with Crippen LogP contribution in [0.5, 0.6) is 56.4 Å². The van der Waals surface area contributed by atoms with Crippen LogP contribution >= 0.6 is 56.7 Å². The zero-order valence-corrected chi connectivity index (χ0v) is 64.5. The number of aryl methyl sites for hydroxylation is 12. The van der Waals surface area contributed by atoms with E-state index in [2.05, 4.69) is 135 Å². The van der Waals surface area contributed by atoms with E-state index in [4.69, 9.17) is 47.4 Å². The monoisotopic (exact) mass is 1350 g/mol. The summed E-state index contributed by atoms with van der Waals surface area (Å²) in [7, 11) is 26.8. The average molecular weight is 1350 g/mol. The van der Waals surface area contributed by atoms with Crippen molar-refractivity contribution in [2.24, 2.45) is 35.2 Å². The molecular weight excluding hydrogens is 1240 g/mol. The van der Waals surface area contributed by atoms with Crippen molar-refractivity contribution in [3.63, 3.8) is 0 Å². The Morgan fingerprint density at radius 2 is 0.714 bits per heavy atom.